The van der Waals surface area contributed by atoms with E-state index >= 15 is 0 Å². The molecule has 2 aromatic rings. The highest BCUT2D eigenvalue weighted by atomic mass is 35.5. The molecule has 0 saturated carbocycles. The number of halogens is 1. The molecule has 2 heterocycles. The van der Waals surface area contributed by atoms with E-state index < -0.39 is 5.41 Å². The fourth-order valence-corrected chi connectivity index (χ4v) is 2.48. The van der Waals surface area contributed by atoms with Gasteiger partial charge in [-0.25, -0.2) is 4.98 Å². The maximum atomic E-state index is 9.35. The van der Waals surface area contributed by atoms with E-state index in [-0.39, 0.29) is 0 Å². The van der Waals surface area contributed by atoms with Gasteiger partial charge in [0.05, 0.1) is 12.3 Å². The van der Waals surface area contributed by atoms with Gasteiger partial charge >= 0.3 is 0 Å². The van der Waals surface area contributed by atoms with Gasteiger partial charge in [0.1, 0.15) is 15.6 Å². The second-order valence-corrected chi connectivity index (χ2v) is 4.86. The van der Waals surface area contributed by atoms with Crippen molar-refractivity contribution in [2.75, 3.05) is 0 Å². The summed E-state index contributed by atoms with van der Waals surface area (Å²) in [5.74, 6) is 0. The highest BCUT2D eigenvalue weighted by Gasteiger charge is 2.33. The van der Waals surface area contributed by atoms with Gasteiger partial charge in [0.15, 0.2) is 0 Å². The molecule has 0 saturated heterocycles. The molecule has 0 aliphatic rings. The van der Waals surface area contributed by atoms with Crippen molar-refractivity contribution in [1.29, 1.82) is 5.26 Å². The van der Waals surface area contributed by atoms with Gasteiger partial charge in [-0.2, -0.15) is 10.4 Å². The summed E-state index contributed by atoms with van der Waals surface area (Å²) >= 11 is 7.17. The zero-order valence-electron chi connectivity index (χ0n) is 8.81. The summed E-state index contributed by atoms with van der Waals surface area (Å²) in [6.07, 6.45) is 3.50. The second kappa shape index (κ2) is 3.89. The Morgan fingerprint density at radius 2 is 2.38 bits per heavy atom. The molecule has 0 fully saturated rings. The van der Waals surface area contributed by atoms with Crippen molar-refractivity contribution in [3.63, 3.8) is 0 Å². The SMILES string of the molecule is Cn1cc(C(C)(C#N)c2nc(Cl)cs2)cn1. The minimum atomic E-state index is -0.786. The Labute approximate surface area is 102 Å². The number of hydrogen-bond donors (Lipinski definition) is 0. The summed E-state index contributed by atoms with van der Waals surface area (Å²) in [5.41, 5.74) is 0.0371. The average Bonchev–Trinajstić information content (AvgIpc) is 2.86. The van der Waals surface area contributed by atoms with Gasteiger partial charge < -0.3 is 0 Å². The number of nitriles is 1. The van der Waals surface area contributed by atoms with Crippen molar-refractivity contribution in [3.8, 4) is 6.07 Å². The van der Waals surface area contributed by atoms with E-state index in [1.807, 2.05) is 20.2 Å². The molecular weight excluding hydrogens is 244 g/mol. The Balaban J connectivity index is 2.52. The zero-order chi connectivity index (χ0) is 11.8. The second-order valence-electron chi connectivity index (χ2n) is 3.61. The van der Waals surface area contributed by atoms with Crippen LogP contribution in [0.4, 0.5) is 0 Å². The molecule has 2 rings (SSSR count). The van der Waals surface area contributed by atoms with Crippen molar-refractivity contribution in [1.82, 2.24) is 14.8 Å². The van der Waals surface area contributed by atoms with Crippen LogP contribution in [0.5, 0.6) is 0 Å². The Morgan fingerprint density at radius 1 is 1.62 bits per heavy atom. The fourth-order valence-electron chi connectivity index (χ4n) is 1.40. The lowest BCUT2D eigenvalue weighted by Gasteiger charge is -2.16. The van der Waals surface area contributed by atoms with Crippen molar-refractivity contribution < 1.29 is 0 Å². The van der Waals surface area contributed by atoms with Gasteiger partial charge in [0, 0.05) is 24.2 Å². The van der Waals surface area contributed by atoms with E-state index in [1.165, 1.54) is 11.3 Å². The summed E-state index contributed by atoms with van der Waals surface area (Å²) in [4.78, 5) is 4.16. The van der Waals surface area contributed by atoms with Crippen LogP contribution in [0.1, 0.15) is 17.5 Å². The molecule has 0 aliphatic carbocycles. The van der Waals surface area contributed by atoms with Gasteiger partial charge in [-0.05, 0) is 6.92 Å². The van der Waals surface area contributed by atoms with E-state index in [1.54, 1.807) is 16.3 Å². The monoisotopic (exact) mass is 252 g/mol. The molecule has 0 aliphatic heterocycles. The first kappa shape index (κ1) is 11.1. The standard InChI is InChI=1S/C10H9ClN4S/c1-10(6-12,7-3-13-15(2)4-7)9-14-8(11)5-16-9/h3-5H,1-2H3. The third-order valence-electron chi connectivity index (χ3n) is 2.41. The van der Waals surface area contributed by atoms with Crippen molar-refractivity contribution in [3.05, 3.63) is 33.5 Å². The largest absolute Gasteiger partial charge is 0.275 e. The van der Waals surface area contributed by atoms with Crippen LogP contribution in [0, 0.1) is 11.3 Å². The minimum absolute atomic E-state index is 0.422. The first-order valence-electron chi connectivity index (χ1n) is 4.58. The van der Waals surface area contributed by atoms with E-state index in [0.29, 0.717) is 10.2 Å². The summed E-state index contributed by atoms with van der Waals surface area (Å²) < 4.78 is 1.67. The Hall–Kier alpha value is -1.38. The number of thiazole rings is 1. The molecule has 1 atom stereocenters. The van der Waals surface area contributed by atoms with Crippen LogP contribution in [0.25, 0.3) is 0 Å². The number of aromatic nitrogens is 3. The zero-order valence-corrected chi connectivity index (χ0v) is 10.4. The van der Waals surface area contributed by atoms with E-state index in [9.17, 15) is 5.26 Å². The molecule has 0 radical (unpaired) electrons. The van der Waals surface area contributed by atoms with Gasteiger partial charge in [-0.1, -0.05) is 11.6 Å². The fraction of sp³-hybridized carbons (Fsp3) is 0.300. The Bertz CT molecular complexity index is 511. The summed E-state index contributed by atoms with van der Waals surface area (Å²) in [5, 5.41) is 16.3. The molecule has 0 bridgehead atoms. The molecule has 6 heteroatoms. The van der Waals surface area contributed by atoms with Gasteiger partial charge in [-0.3, -0.25) is 4.68 Å². The van der Waals surface area contributed by atoms with Crippen LogP contribution in [-0.2, 0) is 12.5 Å². The lowest BCUT2D eigenvalue weighted by Crippen LogP contribution is -2.20. The number of hydrogen-bond acceptors (Lipinski definition) is 4. The average molecular weight is 253 g/mol. The number of nitrogens with zero attached hydrogens (tertiary/aromatic N) is 4. The molecule has 0 aromatic carbocycles. The summed E-state index contributed by atoms with van der Waals surface area (Å²) in [7, 11) is 1.82. The summed E-state index contributed by atoms with van der Waals surface area (Å²) in [6, 6.07) is 2.27. The van der Waals surface area contributed by atoms with Crippen LogP contribution in [0.2, 0.25) is 5.15 Å². The van der Waals surface area contributed by atoms with Crippen molar-refractivity contribution in [2.24, 2.45) is 7.05 Å². The smallest absolute Gasteiger partial charge is 0.140 e. The molecule has 0 spiro atoms. The highest BCUT2D eigenvalue weighted by Crippen LogP contribution is 2.33. The molecule has 0 N–H and O–H groups in total. The van der Waals surface area contributed by atoms with Crippen molar-refractivity contribution >= 4 is 22.9 Å². The highest BCUT2D eigenvalue weighted by molar-refractivity contribution is 7.10. The predicted octanol–water partition coefficient (Wildman–Crippen LogP) is 2.36. The van der Waals surface area contributed by atoms with Crippen LogP contribution in [0.15, 0.2) is 17.8 Å². The lowest BCUT2D eigenvalue weighted by molar-refractivity contribution is 0.725. The van der Waals surface area contributed by atoms with E-state index in [0.717, 1.165) is 5.56 Å². The lowest BCUT2D eigenvalue weighted by atomic mass is 9.87. The van der Waals surface area contributed by atoms with Gasteiger partial charge in [-0.15, -0.1) is 11.3 Å². The molecule has 4 nitrogen and oxygen atoms in total. The number of rotatable bonds is 2. The summed E-state index contributed by atoms with van der Waals surface area (Å²) in [6.45, 7) is 1.82. The third kappa shape index (κ3) is 1.70. The van der Waals surface area contributed by atoms with Crippen LogP contribution in [-0.4, -0.2) is 14.8 Å². The molecule has 16 heavy (non-hydrogen) atoms. The number of aryl methyl sites for hydroxylation is 1. The topological polar surface area (TPSA) is 54.5 Å². The quantitative estimate of drug-likeness (QED) is 0.825. The van der Waals surface area contributed by atoms with E-state index in [4.69, 9.17) is 11.6 Å². The Morgan fingerprint density at radius 3 is 2.81 bits per heavy atom. The molecular formula is C10H9ClN4S. The van der Waals surface area contributed by atoms with E-state index in [2.05, 4.69) is 16.2 Å². The first-order valence-corrected chi connectivity index (χ1v) is 5.84. The maximum absolute atomic E-state index is 9.35. The Kier molecular flexibility index (Phi) is 2.70. The van der Waals surface area contributed by atoms with Gasteiger partial charge in [0.2, 0.25) is 0 Å². The van der Waals surface area contributed by atoms with Gasteiger partial charge in [0.25, 0.3) is 0 Å². The normalized spacial score (nSPS) is 14.4. The van der Waals surface area contributed by atoms with Crippen LogP contribution < -0.4 is 0 Å². The molecule has 2 aromatic heterocycles. The molecule has 1 unspecified atom stereocenters. The maximum Gasteiger partial charge on any atom is 0.140 e. The molecule has 0 amide bonds. The van der Waals surface area contributed by atoms with Crippen molar-refractivity contribution in [2.45, 2.75) is 12.3 Å². The predicted molar refractivity (Wildman–Crippen MR) is 62.4 cm³/mol. The van der Waals surface area contributed by atoms with Crippen LogP contribution >= 0.6 is 22.9 Å². The molecule has 82 valence electrons. The van der Waals surface area contributed by atoms with Crippen LogP contribution in [0.3, 0.4) is 0 Å². The third-order valence-corrected chi connectivity index (χ3v) is 3.80. The minimum Gasteiger partial charge on any atom is -0.275 e. The first-order chi connectivity index (χ1) is 7.56.